The Balaban J connectivity index is 0.000000640. The van der Waals surface area contributed by atoms with Crippen molar-refractivity contribution < 1.29 is 4.39 Å². The molecule has 2 N–H and O–H groups in total. The summed E-state index contributed by atoms with van der Waals surface area (Å²) in [6.07, 6.45) is -0.697. The van der Waals surface area contributed by atoms with Gasteiger partial charge in [-0.3, -0.25) is 0 Å². The number of halogens is 2. The molecule has 0 unspecified atom stereocenters. The average Bonchev–Trinajstić information content (AvgIpc) is 1.94. The third kappa shape index (κ3) is 3.67. The quantitative estimate of drug-likeness (QED) is 0.511. The van der Waals surface area contributed by atoms with Crippen molar-refractivity contribution in [3.8, 4) is 0 Å². The first-order valence-electron chi connectivity index (χ1n) is 2.95. The summed E-state index contributed by atoms with van der Waals surface area (Å²) < 4.78 is 12.3. The van der Waals surface area contributed by atoms with Crippen LogP contribution in [0.1, 0.15) is 0 Å². The van der Waals surface area contributed by atoms with Gasteiger partial charge in [0.05, 0.1) is 0 Å². The van der Waals surface area contributed by atoms with E-state index in [0.29, 0.717) is 13.1 Å². The van der Waals surface area contributed by atoms with Crippen LogP contribution in [0.15, 0.2) is 0 Å². The van der Waals surface area contributed by atoms with Crippen LogP contribution >= 0.6 is 12.4 Å². The number of hydrogen-bond acceptors (Lipinski definition) is 2. The van der Waals surface area contributed by atoms with Gasteiger partial charge in [0, 0.05) is 26.2 Å². The Morgan fingerprint density at radius 1 is 1.11 bits per heavy atom. The molecule has 9 heavy (non-hydrogen) atoms. The van der Waals surface area contributed by atoms with Crippen LogP contribution in [0.4, 0.5) is 4.39 Å². The fourth-order valence-corrected chi connectivity index (χ4v) is 0.766. The van der Waals surface area contributed by atoms with Crippen molar-refractivity contribution in [2.45, 2.75) is 6.17 Å². The largest absolute Gasteiger partial charge is 0.313 e. The van der Waals surface area contributed by atoms with E-state index in [1.165, 1.54) is 0 Å². The molecule has 0 atom stereocenters. The van der Waals surface area contributed by atoms with Gasteiger partial charge in [-0.15, -0.1) is 12.4 Å². The Bertz CT molecular complexity index is 64.0. The Labute approximate surface area is 60.6 Å². The van der Waals surface area contributed by atoms with E-state index in [0.717, 1.165) is 13.1 Å². The topological polar surface area (TPSA) is 24.1 Å². The fraction of sp³-hybridized carbons (Fsp3) is 1.00. The molecule has 1 rings (SSSR count). The zero-order valence-corrected chi connectivity index (χ0v) is 6.01. The highest BCUT2D eigenvalue weighted by atomic mass is 35.5. The second-order valence-electron chi connectivity index (χ2n) is 2.01. The molecule has 1 heterocycles. The third-order valence-electron chi connectivity index (χ3n) is 1.21. The highest BCUT2D eigenvalue weighted by Gasteiger charge is 2.07. The molecule has 0 amide bonds. The Hall–Kier alpha value is 0.140. The monoisotopic (exact) mass is 154 g/mol. The standard InChI is InChI=1S/C5H11FN2.ClH/c6-5-3-7-1-2-8-4-5;/h5,7-8H,1-4H2;1H. The summed E-state index contributed by atoms with van der Waals surface area (Å²) in [5.41, 5.74) is 0. The number of alkyl halides is 1. The minimum absolute atomic E-state index is 0. The second kappa shape index (κ2) is 4.97. The molecule has 1 aliphatic rings. The average molecular weight is 155 g/mol. The van der Waals surface area contributed by atoms with Crippen molar-refractivity contribution >= 4 is 12.4 Å². The van der Waals surface area contributed by atoms with Gasteiger partial charge >= 0.3 is 0 Å². The Morgan fingerprint density at radius 2 is 1.56 bits per heavy atom. The lowest BCUT2D eigenvalue weighted by Gasteiger charge is -2.00. The minimum atomic E-state index is -0.697. The number of rotatable bonds is 0. The van der Waals surface area contributed by atoms with Crippen LogP contribution in [-0.2, 0) is 0 Å². The fourth-order valence-electron chi connectivity index (χ4n) is 0.766. The van der Waals surface area contributed by atoms with Crippen LogP contribution in [0.2, 0.25) is 0 Å². The van der Waals surface area contributed by atoms with Crippen molar-refractivity contribution in [1.29, 1.82) is 0 Å². The zero-order valence-electron chi connectivity index (χ0n) is 5.19. The normalized spacial score (nSPS) is 22.3. The summed E-state index contributed by atoms with van der Waals surface area (Å²) in [6.45, 7) is 2.79. The van der Waals surface area contributed by atoms with E-state index in [1.807, 2.05) is 0 Å². The van der Waals surface area contributed by atoms with E-state index in [4.69, 9.17) is 0 Å². The van der Waals surface area contributed by atoms with Gasteiger partial charge in [0.25, 0.3) is 0 Å². The molecule has 1 aliphatic heterocycles. The molecule has 0 radical (unpaired) electrons. The first-order chi connectivity index (χ1) is 3.89. The van der Waals surface area contributed by atoms with E-state index < -0.39 is 6.17 Å². The van der Waals surface area contributed by atoms with Gasteiger partial charge in [0.1, 0.15) is 6.17 Å². The summed E-state index contributed by atoms with van der Waals surface area (Å²) in [4.78, 5) is 0. The molecule has 0 bridgehead atoms. The first-order valence-corrected chi connectivity index (χ1v) is 2.95. The third-order valence-corrected chi connectivity index (χ3v) is 1.21. The molecule has 0 saturated carbocycles. The van der Waals surface area contributed by atoms with Crippen LogP contribution in [0.25, 0.3) is 0 Å². The molecule has 0 aromatic rings. The highest BCUT2D eigenvalue weighted by molar-refractivity contribution is 5.85. The van der Waals surface area contributed by atoms with Crippen LogP contribution in [0.5, 0.6) is 0 Å². The van der Waals surface area contributed by atoms with Gasteiger partial charge < -0.3 is 10.6 Å². The summed E-state index contributed by atoms with van der Waals surface area (Å²) in [7, 11) is 0. The molecule has 1 saturated heterocycles. The minimum Gasteiger partial charge on any atom is -0.313 e. The lowest BCUT2D eigenvalue weighted by atomic mass is 10.4. The van der Waals surface area contributed by atoms with Crippen molar-refractivity contribution in [2.75, 3.05) is 26.2 Å². The zero-order chi connectivity index (χ0) is 5.82. The highest BCUT2D eigenvalue weighted by Crippen LogP contribution is 1.87. The van der Waals surface area contributed by atoms with Gasteiger partial charge in [0.2, 0.25) is 0 Å². The van der Waals surface area contributed by atoms with E-state index >= 15 is 0 Å². The van der Waals surface area contributed by atoms with Gasteiger partial charge in [-0.05, 0) is 0 Å². The predicted octanol–water partition coefficient (Wildman–Crippen LogP) is -0.0609. The molecular formula is C5H12ClFN2. The SMILES string of the molecule is Cl.FC1CNCCNC1. The molecule has 0 spiro atoms. The van der Waals surface area contributed by atoms with E-state index in [9.17, 15) is 4.39 Å². The molecule has 0 aromatic heterocycles. The first kappa shape index (κ1) is 9.14. The number of nitrogens with one attached hydrogen (secondary N) is 2. The predicted molar refractivity (Wildman–Crippen MR) is 37.9 cm³/mol. The maximum absolute atomic E-state index is 12.3. The van der Waals surface area contributed by atoms with Gasteiger partial charge in [0.15, 0.2) is 0 Å². The van der Waals surface area contributed by atoms with Crippen LogP contribution in [0.3, 0.4) is 0 Å². The van der Waals surface area contributed by atoms with Crippen molar-refractivity contribution in [1.82, 2.24) is 10.6 Å². The summed E-state index contributed by atoms with van der Waals surface area (Å²) >= 11 is 0. The summed E-state index contributed by atoms with van der Waals surface area (Å²) in [5, 5.41) is 5.92. The smallest absolute Gasteiger partial charge is 0.125 e. The molecule has 0 aromatic carbocycles. The Kier molecular flexibility index (Phi) is 5.04. The van der Waals surface area contributed by atoms with E-state index in [2.05, 4.69) is 10.6 Å². The van der Waals surface area contributed by atoms with E-state index in [1.54, 1.807) is 0 Å². The maximum atomic E-state index is 12.3. The molecule has 1 fully saturated rings. The van der Waals surface area contributed by atoms with Crippen molar-refractivity contribution in [3.63, 3.8) is 0 Å². The molecule has 2 nitrogen and oxygen atoms in total. The van der Waals surface area contributed by atoms with Crippen LogP contribution in [0, 0.1) is 0 Å². The second-order valence-corrected chi connectivity index (χ2v) is 2.01. The maximum Gasteiger partial charge on any atom is 0.125 e. The lowest BCUT2D eigenvalue weighted by molar-refractivity contribution is 0.328. The van der Waals surface area contributed by atoms with E-state index in [-0.39, 0.29) is 12.4 Å². The van der Waals surface area contributed by atoms with Crippen molar-refractivity contribution in [2.24, 2.45) is 0 Å². The summed E-state index contributed by atoms with van der Waals surface area (Å²) in [6, 6.07) is 0. The molecule has 56 valence electrons. The van der Waals surface area contributed by atoms with Gasteiger partial charge in [-0.25, -0.2) is 4.39 Å². The van der Waals surface area contributed by atoms with Crippen molar-refractivity contribution in [3.05, 3.63) is 0 Å². The van der Waals surface area contributed by atoms with Crippen LogP contribution in [-0.4, -0.2) is 32.4 Å². The van der Waals surface area contributed by atoms with Gasteiger partial charge in [-0.2, -0.15) is 0 Å². The van der Waals surface area contributed by atoms with Gasteiger partial charge in [-0.1, -0.05) is 0 Å². The lowest BCUT2D eigenvalue weighted by Crippen LogP contribution is -2.24. The Morgan fingerprint density at radius 3 is 2.00 bits per heavy atom. The summed E-state index contributed by atoms with van der Waals surface area (Å²) in [5.74, 6) is 0. The molecule has 0 aliphatic carbocycles. The van der Waals surface area contributed by atoms with Crippen LogP contribution < -0.4 is 10.6 Å². The number of hydrogen-bond donors (Lipinski definition) is 2. The molecular weight excluding hydrogens is 143 g/mol. The molecule has 4 heteroatoms.